The molecule has 0 aliphatic carbocycles. The van der Waals surface area contributed by atoms with E-state index in [0.717, 1.165) is 84.3 Å². The molecule has 4 aromatic rings. The van der Waals surface area contributed by atoms with E-state index in [1.807, 2.05) is 48.5 Å². The number of aryl methyl sites for hydroxylation is 1. The molecule has 0 aromatic heterocycles. The van der Waals surface area contributed by atoms with Crippen molar-refractivity contribution >= 4 is 47.3 Å². The van der Waals surface area contributed by atoms with E-state index in [2.05, 4.69) is 45.7 Å². The third-order valence-corrected chi connectivity index (χ3v) is 16.4. The Bertz CT molecular complexity index is 2940. The van der Waals surface area contributed by atoms with Crippen molar-refractivity contribution in [2.24, 2.45) is 0 Å². The average molecular weight is 1200 g/mol. The zero-order valence-electron chi connectivity index (χ0n) is 50.5. The molecule has 0 spiro atoms. The number of unbranched alkanes of at least 4 members (excludes halogenated alkanes) is 7. The number of hydrogen-bond acceptors (Lipinski definition) is 13. The Morgan fingerprint density at radius 3 is 1.77 bits per heavy atom. The van der Waals surface area contributed by atoms with Gasteiger partial charge in [-0.2, -0.15) is 0 Å². The summed E-state index contributed by atoms with van der Waals surface area (Å²) in [6.07, 6.45) is 4.57. The molecule has 3 fully saturated rings. The highest BCUT2D eigenvalue weighted by molar-refractivity contribution is 6.00. The topological polar surface area (TPSA) is 305 Å². The summed E-state index contributed by atoms with van der Waals surface area (Å²) in [5.41, 5.74) is 4.59. The second-order valence-corrected chi connectivity index (χ2v) is 23.3. The molecule has 0 radical (unpaired) electrons. The summed E-state index contributed by atoms with van der Waals surface area (Å²) in [6, 6.07) is 19.3. The number of ether oxygens (including phenoxy) is 1. The molecule has 3 aliphatic rings. The van der Waals surface area contributed by atoms with E-state index in [4.69, 9.17) is 4.74 Å². The number of aliphatic hydroxyl groups excluding tert-OH is 3. The molecule has 0 saturated carbocycles. The van der Waals surface area contributed by atoms with E-state index in [-0.39, 0.29) is 81.8 Å². The van der Waals surface area contributed by atoms with Crippen LogP contribution >= 0.6 is 0 Å². The van der Waals surface area contributed by atoms with Crippen LogP contribution in [0.4, 0.5) is 0 Å². The Kier molecular flexibility index (Phi) is 25.1. The molecular weight excluding hydrogens is 1110 g/mol. The van der Waals surface area contributed by atoms with Gasteiger partial charge in [-0.15, -0.1) is 0 Å². The SMILES string of the molecule is CCCCCCCCC(=O)N[C@H]1CC2C(=O)NCCCC(NC(=O)c3ccc(-c4ccc(-c5ccc(OCCCCC)cc5)cc4)cc3)C(=O)NC([C@@H](C)O)C(=O)N3C[C@H](O)CC3C(=O)NC(CCc3ccc(O)cc3)C(=O)NC([C@@H](C)O)C(=O)N2C1. The Labute approximate surface area is 509 Å². The summed E-state index contributed by atoms with van der Waals surface area (Å²) in [4.78, 5) is 117. The molecule has 87 heavy (non-hydrogen) atoms. The normalized spacial score (nSPS) is 23.2. The standard InChI is InChI=1S/C66H88N8O13/c1-5-7-9-10-11-12-16-57(79)68-49-37-55-63(83)67-35-14-15-53(69-60(80)48-26-24-46(25-27-48)44-20-22-45(23-21-44)47-28-32-52(33-29-47)87-36-13-8-6-2)61(81)71-59(42(4)76)66(86)74-40-51(78)38-56(74)64(84)70-54(34-19-43-17-30-50(77)31-18-43)62(82)72-58(41(3)75)65(85)73(55)39-49/h17-18,20-33,41-42,49,51,53-56,58-59,75-78H,5-16,19,34-40H2,1-4H3,(H,67,83)(H,68,79)(H,69,80)(H,70,84)(H,71,81)(H,72,82)/t41-,42-,49+,51-,53?,54?,55?,56?,58?,59?/m1/s1. The zero-order chi connectivity index (χ0) is 62.6. The Hall–Kier alpha value is -7.88. The monoisotopic (exact) mass is 1200 g/mol. The number of aromatic hydroxyl groups is 1. The van der Waals surface area contributed by atoms with Gasteiger partial charge in [0.15, 0.2) is 0 Å². The summed E-state index contributed by atoms with van der Waals surface area (Å²) in [6.45, 7) is 6.86. The van der Waals surface area contributed by atoms with Gasteiger partial charge in [0.1, 0.15) is 47.8 Å². The van der Waals surface area contributed by atoms with Gasteiger partial charge in [-0.3, -0.25) is 38.4 Å². The fourth-order valence-electron chi connectivity index (χ4n) is 11.4. The van der Waals surface area contributed by atoms with E-state index in [1.54, 1.807) is 36.4 Å². The minimum atomic E-state index is -1.70. The van der Waals surface area contributed by atoms with Crippen LogP contribution in [0.25, 0.3) is 22.3 Å². The molecule has 470 valence electrons. The maximum atomic E-state index is 14.8. The van der Waals surface area contributed by atoms with Crippen molar-refractivity contribution in [3.05, 3.63) is 108 Å². The van der Waals surface area contributed by atoms with Gasteiger partial charge in [-0.1, -0.05) is 119 Å². The Morgan fingerprint density at radius 2 is 1.16 bits per heavy atom. The molecule has 8 amide bonds. The highest BCUT2D eigenvalue weighted by Gasteiger charge is 2.46. The van der Waals surface area contributed by atoms with Gasteiger partial charge in [0.2, 0.25) is 41.4 Å². The van der Waals surface area contributed by atoms with E-state index in [1.165, 1.54) is 30.9 Å². The maximum absolute atomic E-state index is 14.8. The molecule has 7 rings (SSSR count). The lowest BCUT2D eigenvalue weighted by Gasteiger charge is -2.32. The third-order valence-electron chi connectivity index (χ3n) is 16.4. The number of rotatable bonds is 22. The average Bonchev–Trinajstić information content (AvgIpc) is 2.63. The first-order valence-electron chi connectivity index (χ1n) is 31.0. The minimum Gasteiger partial charge on any atom is -0.508 e. The van der Waals surface area contributed by atoms with Crippen LogP contribution in [0.5, 0.6) is 11.5 Å². The lowest BCUT2D eigenvalue weighted by Crippen LogP contribution is -2.61. The fraction of sp³-hybridized carbons (Fsp3) is 0.515. The van der Waals surface area contributed by atoms with Gasteiger partial charge < -0.3 is 66.9 Å². The van der Waals surface area contributed by atoms with Gasteiger partial charge in [-0.05, 0) is 123 Å². The van der Waals surface area contributed by atoms with Crippen molar-refractivity contribution in [3.8, 4) is 33.8 Å². The molecule has 3 heterocycles. The molecule has 10 atom stereocenters. The zero-order valence-corrected chi connectivity index (χ0v) is 50.5. The second kappa shape index (κ2) is 32.7. The molecule has 3 saturated heterocycles. The first-order chi connectivity index (χ1) is 41.8. The summed E-state index contributed by atoms with van der Waals surface area (Å²) < 4.78 is 5.88. The van der Waals surface area contributed by atoms with Gasteiger partial charge in [0.05, 0.1) is 24.9 Å². The molecule has 4 aromatic carbocycles. The molecule has 0 bridgehead atoms. The molecule has 10 N–H and O–H groups in total. The predicted octanol–water partition coefficient (Wildman–Crippen LogP) is 4.95. The van der Waals surface area contributed by atoms with E-state index >= 15 is 0 Å². The lowest BCUT2D eigenvalue weighted by molar-refractivity contribution is -0.145. The number of aliphatic hydroxyl groups is 3. The van der Waals surface area contributed by atoms with Crippen molar-refractivity contribution in [3.63, 3.8) is 0 Å². The van der Waals surface area contributed by atoms with Crippen LogP contribution < -0.4 is 36.6 Å². The van der Waals surface area contributed by atoms with Crippen LogP contribution in [-0.4, -0.2) is 164 Å². The molecule has 21 nitrogen and oxygen atoms in total. The highest BCUT2D eigenvalue weighted by Crippen LogP contribution is 2.28. The quantitative estimate of drug-likeness (QED) is 0.0467. The van der Waals surface area contributed by atoms with Crippen LogP contribution in [0.15, 0.2) is 97.1 Å². The van der Waals surface area contributed by atoms with Gasteiger partial charge >= 0.3 is 0 Å². The summed E-state index contributed by atoms with van der Waals surface area (Å²) in [7, 11) is 0. The third kappa shape index (κ3) is 19.1. The van der Waals surface area contributed by atoms with E-state index in [0.29, 0.717) is 18.6 Å². The maximum Gasteiger partial charge on any atom is 0.251 e. The number of phenols is 1. The molecule has 21 heteroatoms. The first-order valence-corrected chi connectivity index (χ1v) is 31.0. The van der Waals surface area contributed by atoms with Gasteiger partial charge in [0.25, 0.3) is 5.91 Å². The number of nitrogens with one attached hydrogen (secondary N) is 6. The van der Waals surface area contributed by atoms with Gasteiger partial charge in [0, 0.05) is 44.1 Å². The molecule has 6 unspecified atom stereocenters. The van der Waals surface area contributed by atoms with Crippen molar-refractivity contribution in [1.82, 2.24) is 41.7 Å². The van der Waals surface area contributed by atoms with Crippen LogP contribution in [0.3, 0.4) is 0 Å². The number of amides is 8. The van der Waals surface area contributed by atoms with Crippen molar-refractivity contribution in [1.29, 1.82) is 0 Å². The summed E-state index contributed by atoms with van der Waals surface area (Å²) in [5, 5.41) is 59.7. The van der Waals surface area contributed by atoms with Gasteiger partial charge in [-0.25, -0.2) is 0 Å². The number of carbonyl (C=O) groups is 8. The lowest BCUT2D eigenvalue weighted by atomic mass is 9.99. The number of carbonyl (C=O) groups excluding carboxylic acids is 8. The number of phenolic OH excluding ortho intramolecular Hbond substituents is 1. The number of nitrogens with zero attached hydrogens (tertiary/aromatic N) is 2. The summed E-state index contributed by atoms with van der Waals surface area (Å²) >= 11 is 0. The molecular formula is C66H88N8O13. The Morgan fingerprint density at radius 1 is 0.621 bits per heavy atom. The van der Waals surface area contributed by atoms with E-state index in [9.17, 15) is 58.8 Å². The summed E-state index contributed by atoms with van der Waals surface area (Å²) in [5.74, 6) is -5.18. The first kappa shape index (κ1) is 66.6. The van der Waals surface area contributed by atoms with Crippen molar-refractivity contribution < 1.29 is 63.5 Å². The van der Waals surface area contributed by atoms with Crippen LogP contribution in [0, 0.1) is 0 Å². The van der Waals surface area contributed by atoms with Crippen molar-refractivity contribution in [2.75, 3.05) is 26.2 Å². The van der Waals surface area contributed by atoms with Crippen LogP contribution in [0.1, 0.15) is 140 Å². The largest absolute Gasteiger partial charge is 0.508 e. The van der Waals surface area contributed by atoms with Crippen LogP contribution in [-0.2, 0) is 40.0 Å². The Balaban J connectivity index is 1.13. The highest BCUT2D eigenvalue weighted by atomic mass is 16.5. The second-order valence-electron chi connectivity index (χ2n) is 23.3. The predicted molar refractivity (Wildman–Crippen MR) is 328 cm³/mol. The minimum absolute atomic E-state index is 0.00618. The van der Waals surface area contributed by atoms with Crippen molar-refractivity contribution in [2.45, 2.75) is 191 Å². The fourth-order valence-corrected chi connectivity index (χ4v) is 11.4. The number of benzene rings is 4. The number of fused-ring (bicyclic) bond motifs is 2. The van der Waals surface area contributed by atoms with Crippen LogP contribution in [0.2, 0.25) is 0 Å². The molecule has 3 aliphatic heterocycles. The number of hydrogen-bond donors (Lipinski definition) is 10. The smallest absolute Gasteiger partial charge is 0.251 e. The van der Waals surface area contributed by atoms with E-state index < -0.39 is 102 Å².